The molecule has 1 aliphatic heterocycles. The first-order valence-corrected chi connectivity index (χ1v) is 9.88. The van der Waals surface area contributed by atoms with Crippen molar-refractivity contribution >= 4 is 5.69 Å². The maximum absolute atomic E-state index is 2.72. The molecule has 130 valence electrons. The van der Waals surface area contributed by atoms with Crippen LogP contribution in [0.5, 0.6) is 0 Å². The molecule has 3 aromatic carbocycles. The zero-order valence-electron chi connectivity index (χ0n) is 15.1. The molecule has 5 rings (SSSR count). The van der Waals surface area contributed by atoms with E-state index in [4.69, 9.17) is 0 Å². The SMILES string of the molecule is c1ccc([C@H]2CC[C@H]([C@H]3CCc4ccccc43)N2c2ccccc2)cc1. The Kier molecular flexibility index (Phi) is 4.01. The van der Waals surface area contributed by atoms with Crippen molar-refractivity contribution in [2.24, 2.45) is 0 Å². The van der Waals surface area contributed by atoms with Crippen molar-refractivity contribution < 1.29 is 0 Å². The quantitative estimate of drug-likeness (QED) is 0.555. The number of hydrogen-bond acceptors (Lipinski definition) is 1. The molecular formula is C25H25N. The smallest absolute Gasteiger partial charge is 0.0546 e. The predicted octanol–water partition coefficient (Wildman–Crippen LogP) is 6.13. The van der Waals surface area contributed by atoms with Crippen LogP contribution in [0.25, 0.3) is 0 Å². The lowest BCUT2D eigenvalue weighted by molar-refractivity contribution is 0.517. The molecule has 3 aromatic rings. The highest BCUT2D eigenvalue weighted by atomic mass is 15.2. The molecule has 0 amide bonds. The van der Waals surface area contributed by atoms with E-state index in [2.05, 4.69) is 89.8 Å². The summed E-state index contributed by atoms with van der Waals surface area (Å²) in [4.78, 5) is 2.72. The predicted molar refractivity (Wildman–Crippen MR) is 109 cm³/mol. The average Bonchev–Trinajstić information content (AvgIpc) is 3.33. The third kappa shape index (κ3) is 2.63. The highest BCUT2D eigenvalue weighted by Gasteiger charge is 2.41. The second-order valence-corrected chi connectivity index (χ2v) is 7.66. The highest BCUT2D eigenvalue weighted by molar-refractivity contribution is 5.53. The molecular weight excluding hydrogens is 314 g/mol. The molecule has 0 saturated carbocycles. The Bertz CT molecular complexity index is 871. The molecule has 0 radical (unpaired) electrons. The van der Waals surface area contributed by atoms with Gasteiger partial charge in [0, 0.05) is 17.6 Å². The van der Waals surface area contributed by atoms with Crippen LogP contribution in [0.15, 0.2) is 84.9 Å². The van der Waals surface area contributed by atoms with E-state index >= 15 is 0 Å². The molecule has 0 spiro atoms. The molecule has 26 heavy (non-hydrogen) atoms. The summed E-state index contributed by atoms with van der Waals surface area (Å²) in [7, 11) is 0. The van der Waals surface area contributed by atoms with Gasteiger partial charge in [-0.2, -0.15) is 0 Å². The number of fused-ring (bicyclic) bond motifs is 1. The zero-order chi connectivity index (χ0) is 17.3. The van der Waals surface area contributed by atoms with Gasteiger partial charge >= 0.3 is 0 Å². The van der Waals surface area contributed by atoms with Crippen LogP contribution in [0, 0.1) is 0 Å². The van der Waals surface area contributed by atoms with Crippen molar-refractivity contribution in [3.8, 4) is 0 Å². The van der Waals surface area contributed by atoms with Crippen molar-refractivity contribution in [1.82, 2.24) is 0 Å². The molecule has 2 aliphatic rings. The van der Waals surface area contributed by atoms with Crippen molar-refractivity contribution in [3.63, 3.8) is 0 Å². The number of nitrogens with zero attached hydrogens (tertiary/aromatic N) is 1. The molecule has 1 fully saturated rings. The van der Waals surface area contributed by atoms with E-state index in [1.807, 2.05) is 0 Å². The molecule has 0 aromatic heterocycles. The van der Waals surface area contributed by atoms with E-state index in [-0.39, 0.29) is 0 Å². The number of aryl methyl sites for hydroxylation is 1. The molecule has 0 unspecified atom stereocenters. The molecule has 1 aliphatic carbocycles. The van der Waals surface area contributed by atoms with Gasteiger partial charge in [-0.25, -0.2) is 0 Å². The normalized spacial score (nSPS) is 24.6. The van der Waals surface area contributed by atoms with Gasteiger partial charge in [-0.15, -0.1) is 0 Å². The summed E-state index contributed by atoms with van der Waals surface area (Å²) in [6.07, 6.45) is 5.03. The van der Waals surface area contributed by atoms with Crippen molar-refractivity contribution in [2.45, 2.75) is 43.7 Å². The maximum atomic E-state index is 2.72. The molecule has 0 N–H and O–H groups in total. The fraction of sp³-hybridized carbons (Fsp3) is 0.280. The van der Waals surface area contributed by atoms with Gasteiger partial charge in [0.2, 0.25) is 0 Å². The van der Waals surface area contributed by atoms with Crippen LogP contribution >= 0.6 is 0 Å². The van der Waals surface area contributed by atoms with Crippen LogP contribution in [-0.4, -0.2) is 6.04 Å². The van der Waals surface area contributed by atoms with Crippen LogP contribution in [0.2, 0.25) is 0 Å². The first-order chi connectivity index (χ1) is 12.9. The molecule has 1 nitrogen and oxygen atoms in total. The Morgan fingerprint density at radius 2 is 1.35 bits per heavy atom. The van der Waals surface area contributed by atoms with Crippen LogP contribution < -0.4 is 4.90 Å². The third-order valence-corrected chi connectivity index (χ3v) is 6.31. The van der Waals surface area contributed by atoms with Crippen molar-refractivity contribution in [2.75, 3.05) is 4.90 Å². The average molecular weight is 339 g/mol. The summed E-state index contributed by atoms with van der Waals surface area (Å²) < 4.78 is 0. The Balaban J connectivity index is 1.55. The van der Waals surface area contributed by atoms with Crippen molar-refractivity contribution in [1.29, 1.82) is 0 Å². The van der Waals surface area contributed by atoms with Gasteiger partial charge in [0.05, 0.1) is 6.04 Å². The van der Waals surface area contributed by atoms with Gasteiger partial charge in [0.25, 0.3) is 0 Å². The summed E-state index contributed by atoms with van der Waals surface area (Å²) in [5.41, 5.74) is 5.97. The monoisotopic (exact) mass is 339 g/mol. The summed E-state index contributed by atoms with van der Waals surface area (Å²) in [6, 6.07) is 32.3. The van der Waals surface area contributed by atoms with Gasteiger partial charge in [0.1, 0.15) is 0 Å². The Morgan fingerprint density at radius 1 is 0.654 bits per heavy atom. The molecule has 1 saturated heterocycles. The second-order valence-electron chi connectivity index (χ2n) is 7.66. The van der Waals surface area contributed by atoms with Crippen LogP contribution in [-0.2, 0) is 6.42 Å². The number of hydrogen-bond donors (Lipinski definition) is 0. The van der Waals surface area contributed by atoms with E-state index < -0.39 is 0 Å². The Hall–Kier alpha value is -2.54. The topological polar surface area (TPSA) is 3.24 Å². The van der Waals surface area contributed by atoms with E-state index in [9.17, 15) is 0 Å². The summed E-state index contributed by atoms with van der Waals surface area (Å²) in [5.74, 6) is 0.653. The minimum atomic E-state index is 0.483. The van der Waals surface area contributed by atoms with Crippen LogP contribution in [0.4, 0.5) is 5.69 Å². The van der Waals surface area contributed by atoms with E-state index in [0.29, 0.717) is 18.0 Å². The molecule has 3 atom stereocenters. The van der Waals surface area contributed by atoms with Gasteiger partial charge in [-0.05, 0) is 54.5 Å². The van der Waals surface area contributed by atoms with Gasteiger partial charge in [-0.1, -0.05) is 72.8 Å². The van der Waals surface area contributed by atoms with Crippen molar-refractivity contribution in [3.05, 3.63) is 102 Å². The lowest BCUT2D eigenvalue weighted by Gasteiger charge is -2.36. The van der Waals surface area contributed by atoms with Crippen LogP contribution in [0.3, 0.4) is 0 Å². The van der Waals surface area contributed by atoms with Crippen LogP contribution in [0.1, 0.15) is 47.9 Å². The summed E-state index contributed by atoms with van der Waals surface area (Å²) in [6.45, 7) is 0. The number of rotatable bonds is 3. The summed E-state index contributed by atoms with van der Waals surface area (Å²) >= 11 is 0. The molecule has 1 heteroatoms. The minimum Gasteiger partial charge on any atom is -0.361 e. The minimum absolute atomic E-state index is 0.483. The van der Waals surface area contributed by atoms with Gasteiger partial charge < -0.3 is 4.90 Å². The maximum Gasteiger partial charge on any atom is 0.0546 e. The highest BCUT2D eigenvalue weighted by Crippen LogP contribution is 2.48. The first-order valence-electron chi connectivity index (χ1n) is 9.88. The van der Waals surface area contributed by atoms with Gasteiger partial charge in [0.15, 0.2) is 0 Å². The lowest BCUT2D eigenvalue weighted by Crippen LogP contribution is -2.35. The Morgan fingerprint density at radius 3 is 2.15 bits per heavy atom. The first kappa shape index (κ1) is 15.7. The third-order valence-electron chi connectivity index (χ3n) is 6.31. The zero-order valence-corrected chi connectivity index (χ0v) is 15.1. The second kappa shape index (κ2) is 6.64. The fourth-order valence-electron chi connectivity index (χ4n) is 5.20. The number of anilines is 1. The number of para-hydroxylation sites is 1. The largest absolute Gasteiger partial charge is 0.361 e. The lowest BCUT2D eigenvalue weighted by atomic mass is 9.91. The Labute approximate surface area is 156 Å². The fourth-order valence-corrected chi connectivity index (χ4v) is 5.20. The molecule has 0 bridgehead atoms. The number of benzene rings is 3. The van der Waals surface area contributed by atoms with E-state index in [1.165, 1.54) is 36.9 Å². The molecule has 1 heterocycles. The van der Waals surface area contributed by atoms with E-state index in [0.717, 1.165) is 0 Å². The summed E-state index contributed by atoms with van der Waals surface area (Å²) in [5, 5.41) is 0. The van der Waals surface area contributed by atoms with E-state index in [1.54, 1.807) is 11.1 Å². The standard InChI is InChI=1S/C25H25N/c1-3-10-20(11-4-1)24-17-18-25(26(24)21-12-5-2-6-13-21)23-16-15-19-9-7-8-14-22(19)23/h1-14,23-25H,15-18H2/t23-,24+,25+/m0/s1. The van der Waals surface area contributed by atoms with Gasteiger partial charge in [-0.3, -0.25) is 0 Å².